The molecule has 0 radical (unpaired) electrons. The predicted molar refractivity (Wildman–Crippen MR) is 346 cm³/mol. The van der Waals surface area contributed by atoms with Gasteiger partial charge in [-0.25, -0.2) is 0 Å². The number of ether oxygens (including phenoxy) is 3. The molecule has 3 heterocycles. The lowest BCUT2D eigenvalue weighted by atomic mass is 9.63. The van der Waals surface area contributed by atoms with Crippen LogP contribution >= 0.6 is 25.4 Å². The molecule has 0 fully saturated rings. The van der Waals surface area contributed by atoms with E-state index < -0.39 is 67.8 Å². The van der Waals surface area contributed by atoms with Gasteiger partial charge in [-0.3, -0.25) is 18.1 Å². The first-order valence-electron chi connectivity index (χ1n) is 31.4. The van der Waals surface area contributed by atoms with Gasteiger partial charge in [-0.1, -0.05) is 144 Å². The molecule has 13 unspecified atom stereocenters. The topological polar surface area (TPSA) is 159 Å². The highest BCUT2D eigenvalue weighted by molar-refractivity contribution is 7.42. The van der Waals surface area contributed by atoms with Crippen molar-refractivity contribution in [1.29, 1.82) is 0 Å². The van der Waals surface area contributed by atoms with Gasteiger partial charge in [0.05, 0.1) is 69.1 Å². The number of benzene rings is 2. The number of rotatable bonds is 10. The van der Waals surface area contributed by atoms with Crippen molar-refractivity contribution >= 4 is 47.4 Å². The van der Waals surface area contributed by atoms with Crippen LogP contribution in [0.5, 0.6) is 11.5 Å². The Labute approximate surface area is 522 Å². The molecule has 0 saturated heterocycles. The maximum Gasteiger partial charge on any atom is 0.463 e. The molecular formula is C71H87O14P3. The van der Waals surface area contributed by atoms with E-state index in [2.05, 4.69) is 138 Å². The van der Waals surface area contributed by atoms with Crippen LogP contribution in [0.15, 0.2) is 162 Å². The summed E-state index contributed by atoms with van der Waals surface area (Å²) in [5, 5.41) is 25.4. The molecule has 0 saturated carbocycles. The first-order valence-corrected chi connectivity index (χ1v) is 34.7. The van der Waals surface area contributed by atoms with Gasteiger partial charge in [-0.15, -0.1) is 0 Å². The minimum Gasteiger partial charge on any atom is -0.501 e. The van der Waals surface area contributed by atoms with Gasteiger partial charge in [0.1, 0.15) is 46.0 Å². The Morgan fingerprint density at radius 2 is 1.39 bits per heavy atom. The second-order valence-corrected chi connectivity index (χ2v) is 32.5. The van der Waals surface area contributed by atoms with Crippen LogP contribution in [0, 0.1) is 40.4 Å². The minimum absolute atomic E-state index is 0.0358. The Hall–Kier alpha value is -5.10. The molecule has 88 heavy (non-hydrogen) atoms. The van der Waals surface area contributed by atoms with E-state index in [0.29, 0.717) is 60.5 Å². The lowest BCUT2D eigenvalue weighted by Crippen LogP contribution is -2.48. The zero-order valence-corrected chi connectivity index (χ0v) is 56.3. The van der Waals surface area contributed by atoms with Crippen molar-refractivity contribution in [3.8, 4) is 11.5 Å². The number of aliphatic hydroxyl groups excluding tert-OH is 2. The molecule has 14 nitrogen and oxygen atoms in total. The summed E-state index contributed by atoms with van der Waals surface area (Å²) in [6.45, 7) is 26.4. The van der Waals surface area contributed by atoms with Gasteiger partial charge >= 0.3 is 25.4 Å². The molecule has 470 valence electrons. The van der Waals surface area contributed by atoms with E-state index in [9.17, 15) is 10.2 Å². The van der Waals surface area contributed by atoms with E-state index in [1.54, 1.807) is 21.3 Å². The van der Waals surface area contributed by atoms with Crippen molar-refractivity contribution in [3.63, 3.8) is 0 Å². The second kappa shape index (κ2) is 23.2. The molecule has 8 aliphatic carbocycles. The first-order chi connectivity index (χ1) is 41.8. The quantitative estimate of drug-likeness (QED) is 0.146. The van der Waals surface area contributed by atoms with E-state index in [1.807, 2.05) is 36.4 Å². The van der Waals surface area contributed by atoms with Crippen LogP contribution in [0.2, 0.25) is 0 Å². The minimum atomic E-state index is -2.15. The molecule has 10 aliphatic rings. The van der Waals surface area contributed by atoms with Gasteiger partial charge in [0.15, 0.2) is 0 Å². The predicted octanol–water partition coefficient (Wildman–Crippen LogP) is 17.8. The second-order valence-electron chi connectivity index (χ2n) is 29.4. The summed E-state index contributed by atoms with van der Waals surface area (Å²) in [5.41, 5.74) is 8.82. The van der Waals surface area contributed by atoms with Crippen molar-refractivity contribution in [2.24, 2.45) is 40.4 Å². The third-order valence-corrected chi connectivity index (χ3v) is 22.7. The number of allylic oxidation sites excluding steroid dienone is 9. The maximum absolute atomic E-state index is 12.1. The summed E-state index contributed by atoms with van der Waals surface area (Å²) in [7, 11) is -1.15. The summed E-state index contributed by atoms with van der Waals surface area (Å²) in [6.07, 6.45) is 24.6. The van der Waals surface area contributed by atoms with Gasteiger partial charge in [0, 0.05) is 57.7 Å². The Kier molecular flexibility index (Phi) is 16.3. The highest BCUT2D eigenvalue weighted by atomic mass is 31.2. The fourth-order valence-corrected chi connectivity index (χ4v) is 18.6. The third-order valence-electron chi connectivity index (χ3n) is 19.4. The lowest BCUT2D eigenvalue weighted by molar-refractivity contribution is -0.0205. The number of aliphatic hydroxyl groups is 2. The summed E-state index contributed by atoms with van der Waals surface area (Å²) in [5.74, 6) is 3.38. The van der Waals surface area contributed by atoms with Crippen LogP contribution in [0.3, 0.4) is 0 Å². The van der Waals surface area contributed by atoms with Gasteiger partial charge in [-0.2, -0.15) is 0 Å². The molecule has 2 aromatic carbocycles. The van der Waals surface area contributed by atoms with E-state index in [1.165, 1.54) is 5.57 Å². The average Bonchev–Trinajstić information content (AvgIpc) is 0.974. The van der Waals surface area contributed by atoms with E-state index in [4.69, 9.17) is 54.3 Å². The molecule has 0 bridgehead atoms. The Morgan fingerprint density at radius 1 is 0.693 bits per heavy atom. The van der Waals surface area contributed by atoms with E-state index in [0.717, 1.165) is 85.5 Å². The lowest BCUT2D eigenvalue weighted by Gasteiger charge is -2.49. The van der Waals surface area contributed by atoms with Crippen LogP contribution < -0.4 is 14.0 Å². The van der Waals surface area contributed by atoms with Crippen molar-refractivity contribution in [3.05, 3.63) is 164 Å². The van der Waals surface area contributed by atoms with Crippen LogP contribution in [0.4, 0.5) is 0 Å². The van der Waals surface area contributed by atoms with Crippen LogP contribution in [-0.4, -0.2) is 68.2 Å². The highest BCUT2D eigenvalue weighted by Gasteiger charge is 2.54. The van der Waals surface area contributed by atoms with Crippen molar-refractivity contribution in [2.75, 3.05) is 21.3 Å². The molecule has 3 aromatic rings. The van der Waals surface area contributed by atoms with Gasteiger partial charge < -0.3 is 46.4 Å². The number of methoxy groups -OCH3 is 3. The third kappa shape index (κ3) is 11.4. The molecule has 0 amide bonds. The standard InChI is InChI=1S/C71H87O14P3/c1-68(2,3)50-31-42(72)30-46(62(50)80-87-78-55-25-17-21-39-28-38-20-16-24-54(73)58(38)66(84-87)59(39)55)47-32-43(74-13)35-51(69(4,5)6)63(47)83-88-79-57-27-19-23-41-29-40-22-18-26-56(60(40)67(85-88)61(41)57)77-86-81-64-48(33-44(75-14)36-52(64)70(7,8)9)49-34-45(76-15)37-53(65(49)82-86)71(10,11)12/h16,18-23,26,29-30,32-34,36-38,42,47,50-51,54,56-57,60,62-63,72-73H,17,24-25,27-28,31,35H2,1-15H3. The van der Waals surface area contributed by atoms with Crippen molar-refractivity contribution in [1.82, 2.24) is 0 Å². The maximum atomic E-state index is 12.1. The molecule has 1 aromatic heterocycles. The Bertz CT molecular complexity index is 3640. The SMILES string of the molecule is COC1=CC(C2=CC(O)CC(C(C)(C)C)C2OP2OC3=C4C(=CCC3)CC3C=CCC(O)C3=C4O2)C(OP2OC3=C4C(=CC5=CC=CC(Op6oc7c(C(C)(C)C)cc(OC)cc7c7cc(OC)cc(C(C)(C)C)c7o6)C53)C=CCC4O2)C(C(C)(C)C)C1. The molecule has 13 atom stereocenters. The van der Waals surface area contributed by atoms with Gasteiger partial charge in [0.2, 0.25) is 0 Å². The van der Waals surface area contributed by atoms with Gasteiger partial charge in [0.25, 0.3) is 0 Å². The molecule has 13 rings (SSSR count). The highest BCUT2D eigenvalue weighted by Crippen LogP contribution is 2.64. The number of fused-ring (bicyclic) bond motifs is 6. The summed E-state index contributed by atoms with van der Waals surface area (Å²) in [6, 6.07) is 8.13. The summed E-state index contributed by atoms with van der Waals surface area (Å²) < 4.78 is 83.5. The fraction of sp³-hybridized carbons (Fsp3) is 0.521. The Balaban J connectivity index is 0.883. The van der Waals surface area contributed by atoms with Gasteiger partial charge in [-0.05, 0) is 118 Å². The normalized spacial score (nSPS) is 31.0. The number of hydrogen-bond acceptors (Lipinski definition) is 14. The molecular weight excluding hydrogens is 1170 g/mol. The molecule has 0 spiro atoms. The van der Waals surface area contributed by atoms with Crippen molar-refractivity contribution in [2.45, 2.75) is 175 Å². The van der Waals surface area contributed by atoms with Crippen LogP contribution in [0.1, 0.15) is 139 Å². The van der Waals surface area contributed by atoms with E-state index >= 15 is 0 Å². The van der Waals surface area contributed by atoms with Crippen LogP contribution in [-0.2, 0) is 42.7 Å². The molecule has 17 heteroatoms. The zero-order chi connectivity index (χ0) is 62.1. The monoisotopic (exact) mass is 1260 g/mol. The largest absolute Gasteiger partial charge is 0.501 e. The summed E-state index contributed by atoms with van der Waals surface area (Å²) in [4.78, 5) is 0. The van der Waals surface area contributed by atoms with Crippen LogP contribution in [0.25, 0.3) is 21.9 Å². The van der Waals surface area contributed by atoms with E-state index in [-0.39, 0.29) is 45.5 Å². The number of hydrogen-bond donors (Lipinski definition) is 2. The first kappa shape index (κ1) is 61.7. The summed E-state index contributed by atoms with van der Waals surface area (Å²) >= 11 is 0. The smallest absolute Gasteiger partial charge is 0.463 e. The molecule has 2 N–H and O–H groups in total. The van der Waals surface area contributed by atoms with Crippen molar-refractivity contribution < 1.29 is 64.5 Å². The Morgan fingerprint density at radius 3 is 2.03 bits per heavy atom. The average molecular weight is 1260 g/mol. The molecule has 2 aliphatic heterocycles. The zero-order valence-electron chi connectivity index (χ0n) is 53.6. The fourth-order valence-electron chi connectivity index (χ4n) is 14.8.